The molecule has 0 bridgehead atoms. The SMILES string of the molecule is CCn1c(C)nc2nn(-c3ccc(-n4nc5nc(C)n(CC)c5n4)cc3)nc21. The molecule has 5 rings (SSSR count). The molecular formula is C18H20N10. The maximum atomic E-state index is 4.59. The van der Waals surface area contributed by atoms with Gasteiger partial charge in [-0.2, -0.15) is 0 Å². The lowest BCUT2D eigenvalue weighted by Gasteiger charge is -2.03. The highest BCUT2D eigenvalue weighted by Crippen LogP contribution is 2.17. The highest BCUT2D eigenvalue weighted by molar-refractivity contribution is 5.67. The lowest BCUT2D eigenvalue weighted by molar-refractivity contribution is 0.699. The molecule has 0 aliphatic heterocycles. The number of rotatable bonds is 4. The Balaban J connectivity index is 1.50. The van der Waals surface area contributed by atoms with Crippen LogP contribution in [0.3, 0.4) is 0 Å². The molecule has 0 N–H and O–H groups in total. The van der Waals surface area contributed by atoms with Crippen molar-refractivity contribution in [3.8, 4) is 11.4 Å². The van der Waals surface area contributed by atoms with E-state index in [4.69, 9.17) is 0 Å². The first kappa shape index (κ1) is 16.6. The minimum absolute atomic E-state index is 0.654. The molecule has 0 unspecified atom stereocenters. The number of hydrogen-bond acceptors (Lipinski definition) is 6. The normalized spacial score (nSPS) is 11.9. The van der Waals surface area contributed by atoms with Crippen molar-refractivity contribution in [1.29, 1.82) is 0 Å². The number of benzene rings is 1. The highest BCUT2D eigenvalue weighted by atomic mass is 15.5. The van der Waals surface area contributed by atoms with Gasteiger partial charge >= 0.3 is 0 Å². The van der Waals surface area contributed by atoms with Crippen molar-refractivity contribution in [3.05, 3.63) is 35.9 Å². The first-order valence-electron chi connectivity index (χ1n) is 9.30. The molecular weight excluding hydrogens is 356 g/mol. The second-order valence-electron chi connectivity index (χ2n) is 6.60. The van der Waals surface area contributed by atoms with Crippen molar-refractivity contribution >= 4 is 22.6 Å². The van der Waals surface area contributed by atoms with E-state index in [1.54, 1.807) is 9.59 Å². The summed E-state index contributed by atoms with van der Waals surface area (Å²) in [4.78, 5) is 12.2. The molecule has 0 aliphatic rings. The van der Waals surface area contributed by atoms with Crippen LogP contribution in [-0.4, -0.2) is 49.1 Å². The lowest BCUT2D eigenvalue weighted by atomic mass is 10.3. The van der Waals surface area contributed by atoms with Crippen LogP contribution in [0, 0.1) is 13.8 Å². The maximum Gasteiger partial charge on any atom is 0.221 e. The van der Waals surface area contributed by atoms with E-state index < -0.39 is 0 Å². The smallest absolute Gasteiger partial charge is 0.221 e. The minimum atomic E-state index is 0.654. The second-order valence-corrected chi connectivity index (χ2v) is 6.60. The number of nitrogens with zero attached hydrogens (tertiary/aromatic N) is 10. The van der Waals surface area contributed by atoms with Crippen LogP contribution in [0.25, 0.3) is 34.0 Å². The average Bonchev–Trinajstić information content (AvgIpc) is 3.40. The first-order chi connectivity index (χ1) is 13.6. The summed E-state index contributed by atoms with van der Waals surface area (Å²) in [5.41, 5.74) is 4.60. The van der Waals surface area contributed by atoms with Gasteiger partial charge in [0.05, 0.1) is 11.4 Å². The van der Waals surface area contributed by atoms with Gasteiger partial charge in [-0.15, -0.1) is 30.0 Å². The summed E-state index contributed by atoms with van der Waals surface area (Å²) in [7, 11) is 0. The van der Waals surface area contributed by atoms with E-state index in [1.807, 2.05) is 47.2 Å². The molecule has 0 spiro atoms. The molecule has 0 atom stereocenters. The quantitative estimate of drug-likeness (QED) is 0.477. The number of aryl methyl sites for hydroxylation is 4. The molecule has 10 nitrogen and oxygen atoms in total. The fourth-order valence-electron chi connectivity index (χ4n) is 3.52. The van der Waals surface area contributed by atoms with Gasteiger partial charge in [-0.1, -0.05) is 0 Å². The third-order valence-electron chi connectivity index (χ3n) is 4.93. The first-order valence-corrected chi connectivity index (χ1v) is 9.30. The van der Waals surface area contributed by atoms with E-state index in [9.17, 15) is 0 Å². The van der Waals surface area contributed by atoms with Gasteiger partial charge in [-0.3, -0.25) is 0 Å². The van der Waals surface area contributed by atoms with Crippen LogP contribution in [0.4, 0.5) is 0 Å². The van der Waals surface area contributed by atoms with Gasteiger partial charge in [0, 0.05) is 13.1 Å². The number of aromatic nitrogens is 10. The Kier molecular flexibility index (Phi) is 3.54. The standard InChI is InChI=1S/C18H20N10/c1-5-25-11(3)19-15-17(25)23-27(21-15)13-7-9-14(10-8-13)28-22-16-18(24-28)26(6-2)12(4)20-16/h7-10H,5-6H2,1-4H3. The number of fused-ring (bicyclic) bond motifs is 2. The zero-order valence-electron chi connectivity index (χ0n) is 16.2. The van der Waals surface area contributed by atoms with Crippen molar-refractivity contribution in [3.63, 3.8) is 0 Å². The lowest BCUT2D eigenvalue weighted by Crippen LogP contribution is -2.05. The van der Waals surface area contributed by atoms with Crippen molar-refractivity contribution in [2.75, 3.05) is 0 Å². The Bertz CT molecular complexity index is 1200. The van der Waals surface area contributed by atoms with E-state index in [1.165, 1.54) is 0 Å². The summed E-state index contributed by atoms with van der Waals surface area (Å²) in [6.45, 7) is 9.69. The van der Waals surface area contributed by atoms with Crippen molar-refractivity contribution < 1.29 is 0 Å². The fourth-order valence-corrected chi connectivity index (χ4v) is 3.52. The molecule has 10 heteroatoms. The van der Waals surface area contributed by atoms with E-state index >= 15 is 0 Å². The number of imidazole rings is 2. The Morgan fingerprint density at radius 1 is 0.643 bits per heavy atom. The summed E-state index contributed by atoms with van der Waals surface area (Å²) in [5.74, 6) is 1.85. The van der Waals surface area contributed by atoms with Gasteiger partial charge in [0.2, 0.25) is 22.6 Å². The molecule has 0 amide bonds. The monoisotopic (exact) mass is 376 g/mol. The molecule has 4 aromatic heterocycles. The Hall–Kier alpha value is -3.56. The molecule has 28 heavy (non-hydrogen) atoms. The molecule has 1 aromatic carbocycles. The largest absolute Gasteiger partial charge is 0.310 e. The zero-order valence-corrected chi connectivity index (χ0v) is 16.2. The van der Waals surface area contributed by atoms with Gasteiger partial charge < -0.3 is 9.13 Å². The summed E-state index contributed by atoms with van der Waals surface area (Å²) < 4.78 is 4.09. The molecule has 0 aliphatic carbocycles. The predicted molar refractivity (Wildman–Crippen MR) is 104 cm³/mol. The van der Waals surface area contributed by atoms with Crippen molar-refractivity contribution in [1.82, 2.24) is 49.1 Å². The highest BCUT2D eigenvalue weighted by Gasteiger charge is 2.15. The van der Waals surface area contributed by atoms with E-state index in [2.05, 4.69) is 44.2 Å². The van der Waals surface area contributed by atoms with E-state index in [-0.39, 0.29) is 0 Å². The summed E-state index contributed by atoms with van der Waals surface area (Å²) in [6.07, 6.45) is 0. The summed E-state index contributed by atoms with van der Waals surface area (Å²) in [6, 6.07) is 7.77. The van der Waals surface area contributed by atoms with Gasteiger partial charge in [0.15, 0.2) is 0 Å². The zero-order chi connectivity index (χ0) is 19.4. The molecule has 0 saturated carbocycles. The third-order valence-corrected chi connectivity index (χ3v) is 4.93. The van der Waals surface area contributed by atoms with Crippen molar-refractivity contribution in [2.24, 2.45) is 0 Å². The van der Waals surface area contributed by atoms with E-state index in [0.29, 0.717) is 11.3 Å². The van der Waals surface area contributed by atoms with Gasteiger partial charge in [0.1, 0.15) is 11.6 Å². The molecule has 0 fully saturated rings. The molecule has 142 valence electrons. The molecule has 0 saturated heterocycles. The van der Waals surface area contributed by atoms with Crippen LogP contribution in [0.2, 0.25) is 0 Å². The molecule has 0 radical (unpaired) electrons. The minimum Gasteiger partial charge on any atom is -0.310 e. The average molecular weight is 376 g/mol. The second kappa shape index (κ2) is 5.98. The Morgan fingerprint density at radius 2 is 1.04 bits per heavy atom. The Morgan fingerprint density at radius 3 is 1.39 bits per heavy atom. The topological polar surface area (TPSA) is 97.1 Å². The van der Waals surface area contributed by atoms with Crippen LogP contribution >= 0.6 is 0 Å². The van der Waals surface area contributed by atoms with Gasteiger partial charge in [-0.05, 0) is 52.0 Å². The number of hydrogen-bond donors (Lipinski definition) is 0. The third kappa shape index (κ3) is 2.34. The van der Waals surface area contributed by atoms with Gasteiger partial charge in [-0.25, -0.2) is 9.97 Å². The van der Waals surface area contributed by atoms with Crippen LogP contribution < -0.4 is 0 Å². The Labute approximate surface area is 160 Å². The predicted octanol–water partition coefficient (Wildman–Crippen LogP) is 2.20. The maximum absolute atomic E-state index is 4.59. The van der Waals surface area contributed by atoms with E-state index in [0.717, 1.165) is 47.4 Å². The van der Waals surface area contributed by atoms with Gasteiger partial charge in [0.25, 0.3) is 0 Å². The van der Waals surface area contributed by atoms with Crippen molar-refractivity contribution in [2.45, 2.75) is 40.8 Å². The fraction of sp³-hybridized carbons (Fsp3) is 0.333. The van der Waals surface area contributed by atoms with Crippen LogP contribution in [-0.2, 0) is 13.1 Å². The summed E-state index contributed by atoms with van der Waals surface area (Å²) in [5, 5.41) is 18.2. The van der Waals surface area contributed by atoms with Crippen LogP contribution in [0.15, 0.2) is 24.3 Å². The van der Waals surface area contributed by atoms with Crippen LogP contribution in [0.1, 0.15) is 25.5 Å². The summed E-state index contributed by atoms with van der Waals surface area (Å²) >= 11 is 0. The molecule has 5 aromatic rings. The van der Waals surface area contributed by atoms with Crippen LogP contribution in [0.5, 0.6) is 0 Å². The molecule has 4 heterocycles.